The van der Waals surface area contributed by atoms with Crippen LogP contribution in [0.15, 0.2) is 0 Å². The number of hydrogen-bond acceptors (Lipinski definition) is 2. The van der Waals surface area contributed by atoms with Gasteiger partial charge in [0.25, 0.3) is 0 Å². The Morgan fingerprint density at radius 3 is 2.56 bits per heavy atom. The van der Waals surface area contributed by atoms with Crippen LogP contribution in [0.5, 0.6) is 0 Å². The average molecular weight is 237 g/mol. The highest BCUT2D eigenvalue weighted by molar-refractivity contribution is 4.95. The standard InChI is InChI=1S/C11H18F3NO/c1-6-5-16-9-3-8(11(12,13)14)2-7(4-15)10(6)9/h6-10H,2-5,15H2,1H3/t6-,7+,8-,9-,10-/m1/s1. The molecule has 1 aliphatic carbocycles. The molecule has 5 heteroatoms. The molecule has 94 valence electrons. The predicted molar refractivity (Wildman–Crippen MR) is 53.7 cm³/mol. The highest BCUT2D eigenvalue weighted by Gasteiger charge is 2.51. The van der Waals surface area contributed by atoms with Gasteiger partial charge < -0.3 is 10.5 Å². The lowest BCUT2D eigenvalue weighted by Crippen LogP contribution is -2.43. The number of nitrogens with two attached hydrogens (primary N) is 1. The molecule has 1 aliphatic heterocycles. The molecule has 2 N–H and O–H groups in total. The van der Waals surface area contributed by atoms with Crippen LogP contribution < -0.4 is 5.73 Å². The van der Waals surface area contributed by atoms with Crippen molar-refractivity contribution < 1.29 is 17.9 Å². The molecule has 0 aromatic heterocycles. The fourth-order valence-electron chi connectivity index (χ4n) is 3.28. The van der Waals surface area contributed by atoms with E-state index in [2.05, 4.69) is 0 Å². The molecular formula is C11H18F3NO. The van der Waals surface area contributed by atoms with Gasteiger partial charge in [0.05, 0.1) is 12.0 Å². The molecule has 0 radical (unpaired) electrons. The summed E-state index contributed by atoms with van der Waals surface area (Å²) in [7, 11) is 0. The van der Waals surface area contributed by atoms with Gasteiger partial charge in [-0.25, -0.2) is 0 Å². The van der Waals surface area contributed by atoms with Crippen molar-refractivity contribution in [1.82, 2.24) is 0 Å². The van der Waals surface area contributed by atoms with E-state index in [1.54, 1.807) is 0 Å². The lowest BCUT2D eigenvalue weighted by molar-refractivity contribution is -0.198. The van der Waals surface area contributed by atoms with Gasteiger partial charge in [-0.1, -0.05) is 6.92 Å². The Morgan fingerprint density at radius 2 is 2.00 bits per heavy atom. The van der Waals surface area contributed by atoms with Gasteiger partial charge in [-0.2, -0.15) is 13.2 Å². The van der Waals surface area contributed by atoms with Crippen LogP contribution in [-0.2, 0) is 4.74 Å². The number of rotatable bonds is 1. The second-order valence-corrected chi connectivity index (χ2v) is 5.13. The minimum absolute atomic E-state index is 0.0390. The number of ether oxygens (including phenoxy) is 1. The summed E-state index contributed by atoms with van der Waals surface area (Å²) in [5, 5.41) is 0. The summed E-state index contributed by atoms with van der Waals surface area (Å²) in [6.45, 7) is 2.96. The van der Waals surface area contributed by atoms with Gasteiger partial charge in [0.15, 0.2) is 0 Å². The van der Waals surface area contributed by atoms with Crippen molar-refractivity contribution in [3.05, 3.63) is 0 Å². The highest BCUT2D eigenvalue weighted by Crippen LogP contribution is 2.48. The Labute approximate surface area is 93.3 Å². The molecule has 1 saturated heterocycles. The molecule has 0 aromatic rings. The Kier molecular flexibility index (Phi) is 3.18. The van der Waals surface area contributed by atoms with E-state index in [4.69, 9.17) is 10.5 Å². The van der Waals surface area contributed by atoms with Gasteiger partial charge in [-0.15, -0.1) is 0 Å². The summed E-state index contributed by atoms with van der Waals surface area (Å²) in [6, 6.07) is 0. The first-order valence-corrected chi connectivity index (χ1v) is 5.82. The first kappa shape index (κ1) is 12.2. The summed E-state index contributed by atoms with van der Waals surface area (Å²) in [5.41, 5.74) is 5.60. The quantitative estimate of drug-likeness (QED) is 0.758. The lowest BCUT2D eigenvalue weighted by Gasteiger charge is -2.39. The van der Waals surface area contributed by atoms with E-state index < -0.39 is 12.1 Å². The normalized spacial score (nSPS) is 44.4. The first-order valence-electron chi connectivity index (χ1n) is 5.82. The van der Waals surface area contributed by atoms with Crippen molar-refractivity contribution in [1.29, 1.82) is 0 Å². The maximum absolute atomic E-state index is 12.7. The molecule has 2 rings (SSSR count). The van der Waals surface area contributed by atoms with Crippen LogP contribution in [0.25, 0.3) is 0 Å². The zero-order valence-corrected chi connectivity index (χ0v) is 9.33. The van der Waals surface area contributed by atoms with Crippen molar-refractivity contribution in [3.8, 4) is 0 Å². The summed E-state index contributed by atoms with van der Waals surface area (Å²) < 4.78 is 43.6. The van der Waals surface area contributed by atoms with Gasteiger partial charge in [0.1, 0.15) is 0 Å². The maximum Gasteiger partial charge on any atom is 0.391 e. The maximum atomic E-state index is 12.7. The van der Waals surface area contributed by atoms with E-state index in [9.17, 15) is 13.2 Å². The smallest absolute Gasteiger partial charge is 0.378 e. The molecule has 16 heavy (non-hydrogen) atoms. The molecule has 0 unspecified atom stereocenters. The van der Waals surface area contributed by atoms with Crippen LogP contribution in [0.2, 0.25) is 0 Å². The van der Waals surface area contributed by atoms with Gasteiger partial charge in [-0.05, 0) is 37.1 Å². The Hall–Kier alpha value is -0.290. The van der Waals surface area contributed by atoms with E-state index in [0.29, 0.717) is 19.1 Å². The average Bonchev–Trinajstić information content (AvgIpc) is 2.58. The summed E-state index contributed by atoms with van der Waals surface area (Å²) in [5.74, 6) is -0.702. The number of fused-ring (bicyclic) bond motifs is 1. The van der Waals surface area contributed by atoms with Gasteiger partial charge in [0, 0.05) is 6.61 Å². The highest BCUT2D eigenvalue weighted by atomic mass is 19.4. The summed E-state index contributed by atoms with van der Waals surface area (Å²) in [6.07, 6.45) is -4.04. The Balaban J connectivity index is 2.12. The van der Waals surface area contributed by atoms with Crippen molar-refractivity contribution in [2.24, 2.45) is 29.4 Å². The number of halogens is 3. The van der Waals surface area contributed by atoms with Crippen molar-refractivity contribution >= 4 is 0 Å². The predicted octanol–water partition coefficient (Wildman–Crippen LogP) is 2.18. The third kappa shape index (κ3) is 2.07. The van der Waals surface area contributed by atoms with Crippen molar-refractivity contribution in [2.75, 3.05) is 13.2 Å². The van der Waals surface area contributed by atoms with Gasteiger partial charge in [0.2, 0.25) is 0 Å². The van der Waals surface area contributed by atoms with Crippen molar-refractivity contribution in [3.63, 3.8) is 0 Å². The van der Waals surface area contributed by atoms with Crippen LogP contribution in [0.4, 0.5) is 13.2 Å². The van der Waals surface area contributed by atoms with E-state index >= 15 is 0 Å². The third-order valence-electron chi connectivity index (χ3n) is 4.07. The Morgan fingerprint density at radius 1 is 1.31 bits per heavy atom. The minimum Gasteiger partial charge on any atom is -0.378 e. The number of hydrogen-bond donors (Lipinski definition) is 1. The molecule has 1 saturated carbocycles. The van der Waals surface area contributed by atoms with Gasteiger partial charge in [-0.3, -0.25) is 0 Å². The molecule has 0 amide bonds. The second-order valence-electron chi connectivity index (χ2n) is 5.13. The molecule has 0 bridgehead atoms. The zero-order valence-electron chi connectivity index (χ0n) is 9.33. The third-order valence-corrected chi connectivity index (χ3v) is 4.07. The molecule has 2 fully saturated rings. The van der Waals surface area contributed by atoms with Crippen LogP contribution in [0, 0.1) is 23.7 Å². The molecule has 2 aliphatic rings. The SMILES string of the molecule is C[C@@H]1CO[C@@H]2C[C@H](C(F)(F)F)C[C@@H](CN)[C@@H]12. The van der Waals surface area contributed by atoms with Crippen LogP contribution in [-0.4, -0.2) is 25.4 Å². The number of alkyl halides is 3. The molecule has 1 heterocycles. The molecular weight excluding hydrogens is 219 g/mol. The van der Waals surface area contributed by atoms with Crippen molar-refractivity contribution in [2.45, 2.75) is 32.0 Å². The van der Waals surface area contributed by atoms with Gasteiger partial charge >= 0.3 is 6.18 Å². The lowest BCUT2D eigenvalue weighted by atomic mass is 9.69. The topological polar surface area (TPSA) is 35.2 Å². The molecule has 5 atom stereocenters. The van der Waals surface area contributed by atoms with E-state index in [0.717, 1.165) is 0 Å². The van der Waals surface area contributed by atoms with E-state index in [1.807, 2.05) is 6.92 Å². The second kappa shape index (κ2) is 4.18. The summed E-state index contributed by atoms with van der Waals surface area (Å²) in [4.78, 5) is 0. The fraction of sp³-hybridized carbons (Fsp3) is 1.00. The van der Waals surface area contributed by atoms with Crippen LogP contribution >= 0.6 is 0 Å². The molecule has 0 aromatic carbocycles. The molecule has 0 spiro atoms. The van der Waals surface area contributed by atoms with Crippen LogP contribution in [0.1, 0.15) is 19.8 Å². The monoisotopic (exact) mass is 237 g/mol. The Bertz CT molecular complexity index is 256. The van der Waals surface area contributed by atoms with E-state index in [1.165, 1.54) is 0 Å². The summed E-state index contributed by atoms with van der Waals surface area (Å²) >= 11 is 0. The molecule has 2 nitrogen and oxygen atoms in total. The fourth-order valence-corrected chi connectivity index (χ4v) is 3.28. The van der Waals surface area contributed by atoms with E-state index in [-0.39, 0.29) is 30.8 Å². The van der Waals surface area contributed by atoms with Crippen LogP contribution in [0.3, 0.4) is 0 Å². The first-order chi connectivity index (χ1) is 7.43. The zero-order chi connectivity index (χ0) is 11.9. The largest absolute Gasteiger partial charge is 0.391 e. The minimum atomic E-state index is -4.10.